The predicted octanol–water partition coefficient (Wildman–Crippen LogP) is 1.43. The molecule has 6 nitrogen and oxygen atoms in total. The van der Waals surface area contributed by atoms with Gasteiger partial charge in [-0.15, -0.1) is 0 Å². The fourth-order valence-electron chi connectivity index (χ4n) is 1.40. The van der Waals surface area contributed by atoms with Crippen molar-refractivity contribution in [2.24, 2.45) is 0 Å². The summed E-state index contributed by atoms with van der Waals surface area (Å²) in [5.74, 6) is 0.309. The van der Waals surface area contributed by atoms with Gasteiger partial charge in [0.05, 0.1) is 29.2 Å². The van der Waals surface area contributed by atoms with Crippen LogP contribution in [0, 0.1) is 0 Å². The Morgan fingerprint density at radius 2 is 2.33 bits per heavy atom. The second kappa shape index (κ2) is 5.50. The van der Waals surface area contributed by atoms with Crippen LogP contribution in [0.3, 0.4) is 0 Å². The van der Waals surface area contributed by atoms with E-state index in [1.807, 2.05) is 0 Å². The summed E-state index contributed by atoms with van der Waals surface area (Å²) < 4.78 is 0. The zero-order valence-electron chi connectivity index (χ0n) is 9.70. The largest absolute Gasteiger partial charge is 0.372 e. The normalized spacial score (nSPS) is 10.1. The molecule has 0 unspecified atom stereocenters. The molecule has 2 aromatic rings. The van der Waals surface area contributed by atoms with Gasteiger partial charge in [-0.05, 0) is 6.07 Å². The van der Waals surface area contributed by atoms with Crippen molar-refractivity contribution in [2.75, 3.05) is 12.4 Å². The summed E-state index contributed by atoms with van der Waals surface area (Å²) in [7, 11) is 1.71. The smallest absolute Gasteiger partial charge is 0.253 e. The molecule has 0 aromatic carbocycles. The van der Waals surface area contributed by atoms with E-state index < -0.39 is 0 Å². The Labute approximate surface area is 109 Å². The maximum Gasteiger partial charge on any atom is 0.253 e. The number of imidazole rings is 1. The molecule has 1 amide bonds. The molecule has 7 heteroatoms. The first-order valence-corrected chi connectivity index (χ1v) is 5.67. The minimum Gasteiger partial charge on any atom is -0.372 e. The fraction of sp³-hybridized carbons (Fsp3) is 0.182. The van der Waals surface area contributed by atoms with Crippen LogP contribution < -0.4 is 10.6 Å². The van der Waals surface area contributed by atoms with Gasteiger partial charge < -0.3 is 15.6 Å². The highest BCUT2D eigenvalue weighted by Crippen LogP contribution is 2.19. The lowest BCUT2D eigenvalue weighted by Gasteiger charge is -2.06. The van der Waals surface area contributed by atoms with Crippen molar-refractivity contribution in [3.05, 3.63) is 41.1 Å². The van der Waals surface area contributed by atoms with Gasteiger partial charge in [-0.2, -0.15) is 0 Å². The number of hydrogen-bond acceptors (Lipinski definition) is 4. The zero-order chi connectivity index (χ0) is 13.0. The summed E-state index contributed by atoms with van der Waals surface area (Å²) in [6, 6.07) is 1.57. The van der Waals surface area contributed by atoms with Crippen LogP contribution in [0.25, 0.3) is 0 Å². The molecule has 0 aliphatic heterocycles. The molecular formula is C11H12ClN5O. The van der Waals surface area contributed by atoms with E-state index in [-0.39, 0.29) is 5.91 Å². The second-order valence-corrected chi connectivity index (χ2v) is 3.97. The van der Waals surface area contributed by atoms with E-state index in [0.29, 0.717) is 22.9 Å². The van der Waals surface area contributed by atoms with Crippen molar-refractivity contribution in [3.63, 3.8) is 0 Å². The van der Waals surface area contributed by atoms with Crippen molar-refractivity contribution in [1.82, 2.24) is 20.3 Å². The maximum absolute atomic E-state index is 11.8. The highest BCUT2D eigenvalue weighted by atomic mass is 35.5. The highest BCUT2D eigenvalue weighted by Gasteiger charge is 2.09. The quantitative estimate of drug-likeness (QED) is 0.781. The lowest BCUT2D eigenvalue weighted by atomic mass is 10.2. The van der Waals surface area contributed by atoms with Crippen LogP contribution in [0.1, 0.15) is 16.1 Å². The van der Waals surface area contributed by atoms with Gasteiger partial charge in [0.25, 0.3) is 5.91 Å². The van der Waals surface area contributed by atoms with Crippen LogP contribution in [0.15, 0.2) is 24.8 Å². The highest BCUT2D eigenvalue weighted by molar-refractivity contribution is 6.33. The van der Waals surface area contributed by atoms with Crippen LogP contribution in [0.4, 0.5) is 5.82 Å². The third-order valence-electron chi connectivity index (χ3n) is 2.33. The van der Waals surface area contributed by atoms with Gasteiger partial charge in [0.2, 0.25) is 0 Å². The summed E-state index contributed by atoms with van der Waals surface area (Å²) in [5, 5.41) is 5.97. The van der Waals surface area contributed by atoms with Crippen LogP contribution in [0.5, 0.6) is 0 Å². The molecule has 0 atom stereocenters. The number of anilines is 1. The topological polar surface area (TPSA) is 82.7 Å². The lowest BCUT2D eigenvalue weighted by Crippen LogP contribution is -2.23. The summed E-state index contributed by atoms with van der Waals surface area (Å²) in [5.41, 5.74) is 1.24. The molecule has 0 bridgehead atoms. The number of aromatic nitrogens is 3. The molecule has 0 aliphatic carbocycles. The van der Waals surface area contributed by atoms with E-state index in [1.165, 1.54) is 6.20 Å². The Morgan fingerprint density at radius 1 is 1.50 bits per heavy atom. The number of hydrogen-bond donors (Lipinski definition) is 3. The van der Waals surface area contributed by atoms with Gasteiger partial charge in [0, 0.05) is 19.4 Å². The van der Waals surface area contributed by atoms with E-state index in [1.54, 1.807) is 25.6 Å². The Balaban J connectivity index is 2.02. The maximum atomic E-state index is 11.8. The molecule has 3 N–H and O–H groups in total. The summed E-state index contributed by atoms with van der Waals surface area (Å²) in [6.07, 6.45) is 4.68. The SMILES string of the molecule is CNc1ncc(C(=O)NCc2cnc[nH]2)cc1Cl. The van der Waals surface area contributed by atoms with Gasteiger partial charge >= 0.3 is 0 Å². The number of pyridine rings is 1. The average Bonchev–Trinajstić information content (AvgIpc) is 2.89. The van der Waals surface area contributed by atoms with Crippen molar-refractivity contribution < 1.29 is 4.79 Å². The number of H-pyrrole nitrogens is 1. The van der Waals surface area contributed by atoms with E-state index in [4.69, 9.17) is 11.6 Å². The van der Waals surface area contributed by atoms with Gasteiger partial charge in [-0.3, -0.25) is 4.79 Å². The van der Waals surface area contributed by atoms with Gasteiger partial charge in [0.15, 0.2) is 0 Å². The van der Waals surface area contributed by atoms with Crippen molar-refractivity contribution >= 4 is 23.3 Å². The molecule has 0 fully saturated rings. The van der Waals surface area contributed by atoms with Gasteiger partial charge in [0.1, 0.15) is 5.82 Å². The minimum atomic E-state index is -0.235. The molecule has 0 saturated carbocycles. The molecule has 2 rings (SSSR count). The third kappa shape index (κ3) is 2.78. The number of nitrogens with zero attached hydrogens (tertiary/aromatic N) is 2. The Kier molecular flexibility index (Phi) is 3.78. The standard InChI is InChI=1S/C11H12ClN5O/c1-13-10-9(12)2-7(3-15-10)11(18)16-5-8-4-14-6-17-8/h2-4,6H,5H2,1H3,(H,13,15)(H,14,17)(H,16,18). The number of amides is 1. The summed E-state index contributed by atoms with van der Waals surface area (Å²) in [4.78, 5) is 22.6. The van der Waals surface area contributed by atoms with Gasteiger partial charge in [-0.1, -0.05) is 11.6 Å². The molecule has 94 valence electrons. The molecule has 0 radical (unpaired) electrons. The minimum absolute atomic E-state index is 0.235. The lowest BCUT2D eigenvalue weighted by molar-refractivity contribution is 0.0950. The zero-order valence-corrected chi connectivity index (χ0v) is 10.5. The number of nitrogens with one attached hydrogen (secondary N) is 3. The number of aromatic amines is 1. The summed E-state index contributed by atoms with van der Waals surface area (Å²) >= 11 is 5.95. The molecular weight excluding hydrogens is 254 g/mol. The van der Waals surface area contributed by atoms with E-state index in [9.17, 15) is 4.79 Å². The Hall–Kier alpha value is -2.08. The molecule has 0 spiro atoms. The van der Waals surface area contributed by atoms with Crippen molar-refractivity contribution in [1.29, 1.82) is 0 Å². The monoisotopic (exact) mass is 265 g/mol. The fourth-order valence-corrected chi connectivity index (χ4v) is 1.67. The van der Waals surface area contributed by atoms with Crippen LogP contribution in [-0.2, 0) is 6.54 Å². The number of carbonyl (C=O) groups is 1. The first-order chi connectivity index (χ1) is 8.70. The number of rotatable bonds is 4. The Bertz CT molecular complexity index is 540. The summed E-state index contributed by atoms with van der Waals surface area (Å²) in [6.45, 7) is 0.379. The van der Waals surface area contributed by atoms with Crippen LogP contribution in [-0.4, -0.2) is 27.9 Å². The molecule has 2 heterocycles. The number of halogens is 1. The number of carbonyl (C=O) groups excluding carboxylic acids is 1. The average molecular weight is 266 g/mol. The van der Waals surface area contributed by atoms with Crippen LogP contribution >= 0.6 is 11.6 Å². The molecule has 0 saturated heterocycles. The molecule has 0 aliphatic rings. The van der Waals surface area contributed by atoms with Crippen LogP contribution in [0.2, 0.25) is 5.02 Å². The van der Waals surface area contributed by atoms with E-state index >= 15 is 0 Å². The van der Waals surface area contributed by atoms with E-state index in [0.717, 1.165) is 5.69 Å². The predicted molar refractivity (Wildman–Crippen MR) is 68.6 cm³/mol. The van der Waals surface area contributed by atoms with E-state index in [2.05, 4.69) is 25.6 Å². The Morgan fingerprint density at radius 3 is 2.94 bits per heavy atom. The molecule has 18 heavy (non-hydrogen) atoms. The third-order valence-corrected chi connectivity index (χ3v) is 2.62. The first kappa shape index (κ1) is 12.4. The molecule has 2 aromatic heterocycles. The van der Waals surface area contributed by atoms with Crippen molar-refractivity contribution in [3.8, 4) is 0 Å². The second-order valence-electron chi connectivity index (χ2n) is 3.56. The van der Waals surface area contributed by atoms with Crippen molar-refractivity contribution in [2.45, 2.75) is 6.54 Å². The van der Waals surface area contributed by atoms with Gasteiger partial charge in [-0.25, -0.2) is 9.97 Å². The first-order valence-electron chi connectivity index (χ1n) is 5.29.